The molecule has 1 aliphatic heterocycles. The quantitative estimate of drug-likeness (QED) is 0.772. The minimum atomic E-state index is -0.680. The minimum Gasteiger partial charge on any atom is -0.493 e. The zero-order valence-corrected chi connectivity index (χ0v) is 16.0. The molecule has 3 rings (SSSR count). The van der Waals surface area contributed by atoms with Crippen LogP contribution in [0.15, 0.2) is 29.1 Å². The maximum atomic E-state index is 14.4. The van der Waals surface area contributed by atoms with E-state index in [0.29, 0.717) is 25.2 Å². The van der Waals surface area contributed by atoms with Crippen LogP contribution in [0.1, 0.15) is 22.8 Å². The number of carbonyl (C=O) groups is 2. The molecule has 0 N–H and O–H groups in total. The number of rotatable bonds is 5. The van der Waals surface area contributed by atoms with Crippen molar-refractivity contribution in [2.75, 3.05) is 33.9 Å². The van der Waals surface area contributed by atoms with Crippen LogP contribution < -0.4 is 9.47 Å². The van der Waals surface area contributed by atoms with Crippen molar-refractivity contribution in [3.05, 3.63) is 41.5 Å². The van der Waals surface area contributed by atoms with E-state index in [1.165, 1.54) is 32.7 Å². The van der Waals surface area contributed by atoms with Crippen LogP contribution in [0.2, 0.25) is 0 Å². The largest absolute Gasteiger partial charge is 0.493 e. The van der Waals surface area contributed by atoms with E-state index in [2.05, 4.69) is 5.16 Å². The van der Waals surface area contributed by atoms with Crippen molar-refractivity contribution in [3.63, 3.8) is 0 Å². The maximum absolute atomic E-state index is 14.4. The van der Waals surface area contributed by atoms with Crippen molar-refractivity contribution in [2.45, 2.75) is 19.4 Å². The lowest BCUT2D eigenvalue weighted by Crippen LogP contribution is -2.55. The van der Waals surface area contributed by atoms with E-state index >= 15 is 0 Å². The molecular formula is C19H22FN3O5. The first-order valence-corrected chi connectivity index (χ1v) is 8.83. The molecule has 2 aromatic rings. The maximum Gasteiger partial charge on any atom is 0.257 e. The molecule has 0 unspecified atom stereocenters. The summed E-state index contributed by atoms with van der Waals surface area (Å²) in [5.74, 6) is -0.700. The smallest absolute Gasteiger partial charge is 0.257 e. The Hall–Kier alpha value is -3.10. The highest BCUT2D eigenvalue weighted by atomic mass is 19.1. The molecule has 1 saturated heterocycles. The highest BCUT2D eigenvalue weighted by Crippen LogP contribution is 2.31. The SMILES string of the molecule is COc1cc(F)c(C(=O)N2CCN(C(=O)Cc3cnoc3)C[C@H]2C)cc1OC. The van der Waals surface area contributed by atoms with Crippen molar-refractivity contribution >= 4 is 11.8 Å². The predicted molar refractivity (Wildman–Crippen MR) is 96.8 cm³/mol. The van der Waals surface area contributed by atoms with Crippen LogP contribution in [0.5, 0.6) is 11.5 Å². The van der Waals surface area contributed by atoms with Gasteiger partial charge in [0.15, 0.2) is 11.5 Å². The van der Waals surface area contributed by atoms with E-state index in [1.807, 2.05) is 6.92 Å². The number of piperazine rings is 1. The van der Waals surface area contributed by atoms with Gasteiger partial charge in [-0.05, 0) is 13.0 Å². The normalized spacial score (nSPS) is 16.8. The van der Waals surface area contributed by atoms with Crippen molar-refractivity contribution in [3.8, 4) is 11.5 Å². The Morgan fingerprint density at radius 2 is 1.96 bits per heavy atom. The Balaban J connectivity index is 1.70. The van der Waals surface area contributed by atoms with Gasteiger partial charge in [-0.2, -0.15) is 0 Å². The van der Waals surface area contributed by atoms with Crippen molar-refractivity contribution in [1.29, 1.82) is 0 Å². The second kappa shape index (κ2) is 8.28. The molecule has 2 heterocycles. The number of methoxy groups -OCH3 is 2. The summed E-state index contributed by atoms with van der Waals surface area (Å²) in [6, 6.07) is 2.21. The molecule has 1 aromatic heterocycles. The molecule has 1 aliphatic rings. The zero-order chi connectivity index (χ0) is 20.3. The molecule has 9 heteroatoms. The molecule has 1 atom stereocenters. The lowest BCUT2D eigenvalue weighted by Gasteiger charge is -2.40. The molecule has 0 saturated carbocycles. The Morgan fingerprint density at radius 3 is 2.57 bits per heavy atom. The van der Waals surface area contributed by atoms with Crippen molar-refractivity contribution in [1.82, 2.24) is 15.0 Å². The molecule has 28 heavy (non-hydrogen) atoms. The number of ether oxygens (including phenoxy) is 2. The van der Waals surface area contributed by atoms with Gasteiger partial charge in [0.25, 0.3) is 5.91 Å². The van der Waals surface area contributed by atoms with Crippen LogP contribution in [0.4, 0.5) is 4.39 Å². The highest BCUT2D eigenvalue weighted by Gasteiger charge is 2.32. The van der Waals surface area contributed by atoms with Gasteiger partial charge >= 0.3 is 0 Å². The monoisotopic (exact) mass is 391 g/mol. The fourth-order valence-corrected chi connectivity index (χ4v) is 3.26. The summed E-state index contributed by atoms with van der Waals surface area (Å²) in [5.41, 5.74) is 0.609. The first-order valence-electron chi connectivity index (χ1n) is 8.83. The standard InChI is InChI=1S/C19H22FN3O5/c1-12-10-22(18(24)6-13-9-21-28-11-13)4-5-23(12)19(25)14-7-16(26-2)17(27-3)8-15(14)20/h7-9,11-12H,4-6,10H2,1-3H3/t12-/m1/s1. The summed E-state index contributed by atoms with van der Waals surface area (Å²) >= 11 is 0. The average Bonchev–Trinajstić information content (AvgIpc) is 3.20. The summed E-state index contributed by atoms with van der Waals surface area (Å²) in [6.45, 7) is 2.87. The van der Waals surface area contributed by atoms with Gasteiger partial charge in [0.05, 0.1) is 32.4 Å². The molecule has 0 spiro atoms. The third kappa shape index (κ3) is 3.92. The molecular weight excluding hydrogens is 369 g/mol. The molecule has 1 aromatic carbocycles. The Labute approximate surface area is 161 Å². The molecule has 1 fully saturated rings. The number of hydrogen-bond acceptors (Lipinski definition) is 6. The zero-order valence-electron chi connectivity index (χ0n) is 16.0. The van der Waals surface area contributed by atoms with Crippen LogP contribution in [0.25, 0.3) is 0 Å². The Kier molecular flexibility index (Phi) is 5.81. The van der Waals surface area contributed by atoms with E-state index in [0.717, 1.165) is 6.07 Å². The number of hydrogen-bond donors (Lipinski definition) is 0. The number of benzene rings is 1. The van der Waals surface area contributed by atoms with Crippen LogP contribution in [-0.2, 0) is 11.2 Å². The molecule has 0 aliphatic carbocycles. The topological polar surface area (TPSA) is 85.1 Å². The first kappa shape index (κ1) is 19.7. The second-order valence-corrected chi connectivity index (χ2v) is 6.58. The van der Waals surface area contributed by atoms with E-state index < -0.39 is 11.7 Å². The summed E-state index contributed by atoms with van der Waals surface area (Å²) in [6.07, 6.45) is 3.12. The van der Waals surface area contributed by atoms with Gasteiger partial charge in [0.1, 0.15) is 12.1 Å². The van der Waals surface area contributed by atoms with E-state index in [1.54, 1.807) is 9.80 Å². The van der Waals surface area contributed by atoms with Gasteiger partial charge in [-0.15, -0.1) is 0 Å². The van der Waals surface area contributed by atoms with Crippen LogP contribution in [0.3, 0.4) is 0 Å². The molecule has 8 nitrogen and oxygen atoms in total. The summed E-state index contributed by atoms with van der Waals surface area (Å²) in [7, 11) is 2.82. The van der Waals surface area contributed by atoms with Crippen LogP contribution >= 0.6 is 0 Å². The van der Waals surface area contributed by atoms with Gasteiger partial charge in [-0.3, -0.25) is 9.59 Å². The first-order chi connectivity index (χ1) is 13.4. The Morgan fingerprint density at radius 1 is 1.25 bits per heavy atom. The van der Waals surface area contributed by atoms with Crippen LogP contribution in [-0.4, -0.2) is 66.7 Å². The summed E-state index contributed by atoms with van der Waals surface area (Å²) in [4.78, 5) is 28.6. The fraction of sp³-hybridized carbons (Fsp3) is 0.421. The minimum absolute atomic E-state index is 0.0700. The molecule has 150 valence electrons. The van der Waals surface area contributed by atoms with Gasteiger partial charge in [-0.25, -0.2) is 4.39 Å². The van der Waals surface area contributed by atoms with Gasteiger partial charge in [-0.1, -0.05) is 5.16 Å². The van der Waals surface area contributed by atoms with Gasteiger partial charge in [0.2, 0.25) is 5.91 Å². The fourth-order valence-electron chi connectivity index (χ4n) is 3.26. The molecule has 0 bridgehead atoms. The number of halogens is 1. The number of amides is 2. The lowest BCUT2D eigenvalue weighted by atomic mass is 10.1. The highest BCUT2D eigenvalue weighted by molar-refractivity contribution is 5.95. The third-order valence-corrected chi connectivity index (χ3v) is 4.78. The van der Waals surface area contributed by atoms with Gasteiger partial charge < -0.3 is 23.8 Å². The van der Waals surface area contributed by atoms with Crippen molar-refractivity contribution < 1.29 is 28.0 Å². The van der Waals surface area contributed by atoms with Crippen LogP contribution in [0, 0.1) is 5.82 Å². The summed E-state index contributed by atoms with van der Waals surface area (Å²) in [5, 5.41) is 3.59. The van der Waals surface area contributed by atoms with E-state index in [9.17, 15) is 14.0 Å². The summed E-state index contributed by atoms with van der Waals surface area (Å²) < 4.78 is 29.4. The van der Waals surface area contributed by atoms with E-state index in [4.69, 9.17) is 14.0 Å². The lowest BCUT2D eigenvalue weighted by molar-refractivity contribution is -0.132. The number of nitrogens with zero attached hydrogens (tertiary/aromatic N) is 3. The number of carbonyl (C=O) groups excluding carboxylic acids is 2. The van der Waals surface area contributed by atoms with Gasteiger partial charge in [0, 0.05) is 37.3 Å². The Bertz CT molecular complexity index is 856. The second-order valence-electron chi connectivity index (χ2n) is 6.58. The molecule has 2 amide bonds. The third-order valence-electron chi connectivity index (χ3n) is 4.78. The van der Waals surface area contributed by atoms with Crippen molar-refractivity contribution in [2.24, 2.45) is 0 Å². The predicted octanol–water partition coefficient (Wildman–Crippen LogP) is 1.75. The molecule has 0 radical (unpaired) electrons. The number of aromatic nitrogens is 1. The average molecular weight is 391 g/mol. The van der Waals surface area contributed by atoms with E-state index in [-0.39, 0.29) is 35.4 Å².